The van der Waals surface area contributed by atoms with Gasteiger partial charge in [-0.15, -0.1) is 0 Å². The van der Waals surface area contributed by atoms with Crippen LogP contribution in [0, 0.1) is 5.92 Å². The molecule has 1 saturated heterocycles. The van der Waals surface area contributed by atoms with E-state index in [1.165, 1.54) is 51.5 Å². The summed E-state index contributed by atoms with van der Waals surface area (Å²) in [6.07, 6.45) is 9.34. The zero-order chi connectivity index (χ0) is 13.6. The lowest BCUT2D eigenvalue weighted by atomic mass is 9.85. The minimum absolute atomic E-state index is 0.227. The Morgan fingerprint density at radius 1 is 1.33 bits per heavy atom. The summed E-state index contributed by atoms with van der Waals surface area (Å²) in [7, 11) is 0. The Balaban J connectivity index is 2.69. The van der Waals surface area contributed by atoms with Crippen LogP contribution in [0.25, 0.3) is 0 Å². The average Bonchev–Trinajstić information content (AvgIpc) is 2.37. The summed E-state index contributed by atoms with van der Waals surface area (Å²) in [5, 5.41) is 0. The van der Waals surface area contributed by atoms with Crippen molar-refractivity contribution in [3.8, 4) is 0 Å². The number of piperidine rings is 1. The molecule has 2 N–H and O–H groups in total. The van der Waals surface area contributed by atoms with Gasteiger partial charge in [-0.3, -0.25) is 4.90 Å². The van der Waals surface area contributed by atoms with Gasteiger partial charge in [0.05, 0.1) is 0 Å². The molecule has 2 nitrogen and oxygen atoms in total. The average molecular weight is 254 g/mol. The Morgan fingerprint density at radius 2 is 2.06 bits per heavy atom. The van der Waals surface area contributed by atoms with Gasteiger partial charge in [0.25, 0.3) is 0 Å². The van der Waals surface area contributed by atoms with E-state index in [0.717, 1.165) is 18.5 Å². The fourth-order valence-electron chi connectivity index (χ4n) is 3.31. The van der Waals surface area contributed by atoms with Crippen LogP contribution >= 0.6 is 0 Å². The first-order chi connectivity index (χ1) is 8.53. The lowest BCUT2D eigenvalue weighted by Crippen LogP contribution is -2.57. The van der Waals surface area contributed by atoms with Crippen LogP contribution in [0.15, 0.2) is 0 Å². The fraction of sp³-hybridized carbons (Fsp3) is 1.00. The molecule has 0 saturated carbocycles. The number of nitrogens with two attached hydrogens (primary N) is 1. The van der Waals surface area contributed by atoms with Gasteiger partial charge in [-0.05, 0) is 51.5 Å². The Labute approximate surface area is 114 Å². The second-order valence-electron chi connectivity index (χ2n) is 6.77. The minimum atomic E-state index is 0.227. The molecule has 0 aromatic carbocycles. The third kappa shape index (κ3) is 4.24. The van der Waals surface area contributed by atoms with E-state index in [1.807, 2.05) is 0 Å². The van der Waals surface area contributed by atoms with Crippen LogP contribution in [0.1, 0.15) is 72.6 Å². The lowest BCUT2D eigenvalue weighted by Gasteiger charge is -2.48. The van der Waals surface area contributed by atoms with Crippen LogP contribution in [-0.2, 0) is 0 Å². The lowest BCUT2D eigenvalue weighted by molar-refractivity contribution is 0.0204. The largest absolute Gasteiger partial charge is 0.329 e. The topological polar surface area (TPSA) is 29.3 Å². The molecule has 108 valence electrons. The Kier molecular flexibility index (Phi) is 6.65. The predicted molar refractivity (Wildman–Crippen MR) is 80.8 cm³/mol. The maximum absolute atomic E-state index is 6.14. The smallest absolute Gasteiger partial charge is 0.0306 e. The molecular weight excluding hydrogens is 220 g/mol. The molecule has 18 heavy (non-hydrogen) atoms. The van der Waals surface area contributed by atoms with E-state index in [2.05, 4.69) is 32.6 Å². The van der Waals surface area contributed by atoms with Gasteiger partial charge in [0, 0.05) is 18.1 Å². The van der Waals surface area contributed by atoms with Crippen molar-refractivity contribution >= 4 is 0 Å². The zero-order valence-corrected chi connectivity index (χ0v) is 13.0. The highest BCUT2D eigenvalue weighted by atomic mass is 15.2. The molecule has 0 spiro atoms. The highest BCUT2D eigenvalue weighted by Gasteiger charge is 2.36. The van der Waals surface area contributed by atoms with E-state index in [1.54, 1.807) is 0 Å². The summed E-state index contributed by atoms with van der Waals surface area (Å²) in [5.74, 6) is 0.783. The quantitative estimate of drug-likeness (QED) is 0.749. The molecule has 1 rings (SSSR count). The molecule has 0 radical (unpaired) electrons. The molecule has 2 unspecified atom stereocenters. The Bertz CT molecular complexity index is 225. The normalized spacial score (nSPS) is 25.3. The highest BCUT2D eigenvalue weighted by molar-refractivity contribution is 4.93. The molecule has 0 aliphatic carbocycles. The number of nitrogens with zero attached hydrogens (tertiary/aromatic N) is 1. The van der Waals surface area contributed by atoms with Crippen molar-refractivity contribution in [2.45, 2.75) is 84.2 Å². The maximum Gasteiger partial charge on any atom is 0.0306 e. The molecule has 2 atom stereocenters. The molecule has 1 heterocycles. The molecule has 0 aromatic heterocycles. The van der Waals surface area contributed by atoms with Gasteiger partial charge in [0.1, 0.15) is 0 Å². The van der Waals surface area contributed by atoms with Crippen molar-refractivity contribution in [3.63, 3.8) is 0 Å². The predicted octanol–water partition coefficient (Wildman–Crippen LogP) is 3.79. The summed E-state index contributed by atoms with van der Waals surface area (Å²) < 4.78 is 0. The minimum Gasteiger partial charge on any atom is -0.329 e. The molecule has 1 aliphatic heterocycles. The number of rotatable bonds is 7. The molecule has 2 heteroatoms. The van der Waals surface area contributed by atoms with Crippen molar-refractivity contribution in [2.24, 2.45) is 11.7 Å². The van der Waals surface area contributed by atoms with Gasteiger partial charge in [-0.2, -0.15) is 0 Å². The first-order valence-corrected chi connectivity index (χ1v) is 8.00. The van der Waals surface area contributed by atoms with Crippen LogP contribution in [0.2, 0.25) is 0 Å². The van der Waals surface area contributed by atoms with Crippen molar-refractivity contribution in [1.82, 2.24) is 4.90 Å². The van der Waals surface area contributed by atoms with Crippen LogP contribution in [0.3, 0.4) is 0 Å². The summed E-state index contributed by atoms with van der Waals surface area (Å²) in [5.41, 5.74) is 6.37. The molecule has 1 fully saturated rings. The van der Waals surface area contributed by atoms with Crippen LogP contribution < -0.4 is 5.73 Å². The summed E-state index contributed by atoms with van der Waals surface area (Å²) >= 11 is 0. The summed E-state index contributed by atoms with van der Waals surface area (Å²) in [6, 6.07) is 0.782. The number of hydrogen-bond acceptors (Lipinski definition) is 2. The van der Waals surface area contributed by atoms with Gasteiger partial charge < -0.3 is 5.73 Å². The van der Waals surface area contributed by atoms with Crippen LogP contribution in [-0.4, -0.2) is 29.6 Å². The van der Waals surface area contributed by atoms with E-state index in [0.29, 0.717) is 0 Å². The molecule has 0 amide bonds. The summed E-state index contributed by atoms with van der Waals surface area (Å²) in [6.45, 7) is 11.4. The second kappa shape index (κ2) is 7.49. The molecule has 1 aliphatic rings. The molecule has 0 bridgehead atoms. The number of likely N-dealkylation sites (tertiary alicyclic amines) is 1. The van der Waals surface area contributed by atoms with E-state index in [4.69, 9.17) is 5.73 Å². The van der Waals surface area contributed by atoms with Crippen molar-refractivity contribution in [1.29, 1.82) is 0 Å². The Hall–Kier alpha value is -0.0800. The zero-order valence-electron chi connectivity index (χ0n) is 13.0. The van der Waals surface area contributed by atoms with Gasteiger partial charge in [0.2, 0.25) is 0 Å². The van der Waals surface area contributed by atoms with E-state index >= 15 is 0 Å². The number of hydrogen-bond donors (Lipinski definition) is 1. The third-order valence-corrected chi connectivity index (χ3v) is 4.64. The molecule has 0 aromatic rings. The van der Waals surface area contributed by atoms with E-state index < -0.39 is 0 Å². The first kappa shape index (κ1) is 16.0. The van der Waals surface area contributed by atoms with Crippen LogP contribution in [0.5, 0.6) is 0 Å². The van der Waals surface area contributed by atoms with Crippen LogP contribution in [0.4, 0.5) is 0 Å². The SMILES string of the molecule is CCCC1CCCCN1C(C)(CN)CCC(C)C. The van der Waals surface area contributed by atoms with Gasteiger partial charge in [-0.1, -0.05) is 33.6 Å². The van der Waals surface area contributed by atoms with E-state index in [-0.39, 0.29) is 5.54 Å². The van der Waals surface area contributed by atoms with Crippen molar-refractivity contribution < 1.29 is 0 Å². The van der Waals surface area contributed by atoms with Crippen molar-refractivity contribution in [2.75, 3.05) is 13.1 Å². The van der Waals surface area contributed by atoms with E-state index in [9.17, 15) is 0 Å². The van der Waals surface area contributed by atoms with Gasteiger partial charge in [0.15, 0.2) is 0 Å². The van der Waals surface area contributed by atoms with Crippen molar-refractivity contribution in [3.05, 3.63) is 0 Å². The maximum atomic E-state index is 6.14. The summed E-state index contributed by atoms with van der Waals surface area (Å²) in [4.78, 5) is 2.75. The Morgan fingerprint density at radius 3 is 2.61 bits per heavy atom. The van der Waals surface area contributed by atoms with Gasteiger partial charge >= 0.3 is 0 Å². The van der Waals surface area contributed by atoms with Gasteiger partial charge in [-0.25, -0.2) is 0 Å². The third-order valence-electron chi connectivity index (χ3n) is 4.64. The highest BCUT2D eigenvalue weighted by Crippen LogP contribution is 2.31. The fourth-order valence-corrected chi connectivity index (χ4v) is 3.31. The first-order valence-electron chi connectivity index (χ1n) is 8.00. The monoisotopic (exact) mass is 254 g/mol. The standard InChI is InChI=1S/C16H34N2/c1-5-8-15-9-6-7-12-18(15)16(4,13-17)11-10-14(2)3/h14-15H,5-13,17H2,1-4H3. The second-order valence-corrected chi connectivity index (χ2v) is 6.77. The molecular formula is C16H34N2.